The van der Waals surface area contributed by atoms with Gasteiger partial charge in [0.2, 0.25) is 5.91 Å². The van der Waals surface area contributed by atoms with Gasteiger partial charge in [-0.05, 0) is 30.0 Å². The number of hydrogen-bond donors (Lipinski definition) is 1. The monoisotopic (exact) mass is 209 g/mol. The molecule has 0 aliphatic heterocycles. The van der Waals surface area contributed by atoms with Crippen LogP contribution >= 0.6 is 0 Å². The number of rotatable bonds is 4. The van der Waals surface area contributed by atoms with Crippen molar-refractivity contribution in [2.24, 2.45) is 5.73 Å². The molecule has 0 fully saturated rings. The zero-order valence-electron chi connectivity index (χ0n) is 9.09. The molecule has 0 heterocycles. The van der Waals surface area contributed by atoms with Gasteiger partial charge in [0.1, 0.15) is 5.82 Å². The molecule has 1 aromatic carbocycles. The molecule has 0 saturated carbocycles. The average Bonchev–Trinajstić information content (AvgIpc) is 2.17. The van der Waals surface area contributed by atoms with Crippen LogP contribution in [0.1, 0.15) is 48.5 Å². The Labute approximate surface area is 89.3 Å². The van der Waals surface area contributed by atoms with Crippen molar-refractivity contribution in [2.75, 3.05) is 0 Å². The molecule has 0 radical (unpaired) electrons. The molecule has 0 aliphatic carbocycles. The van der Waals surface area contributed by atoms with Crippen molar-refractivity contribution in [2.45, 2.75) is 32.6 Å². The molecular formula is C12H16FNO. The highest BCUT2D eigenvalue weighted by molar-refractivity contribution is 5.92. The topological polar surface area (TPSA) is 43.1 Å². The summed E-state index contributed by atoms with van der Waals surface area (Å²) in [6, 6.07) is 4.44. The average molecular weight is 209 g/mol. The fraction of sp³-hybridized carbons (Fsp3) is 0.417. The molecule has 82 valence electrons. The van der Waals surface area contributed by atoms with Crippen molar-refractivity contribution in [3.63, 3.8) is 0 Å². The molecule has 3 heteroatoms. The van der Waals surface area contributed by atoms with Crippen LogP contribution in [0.4, 0.5) is 4.39 Å². The van der Waals surface area contributed by atoms with Crippen molar-refractivity contribution in [3.8, 4) is 0 Å². The number of carbonyl (C=O) groups is 1. The Morgan fingerprint density at radius 3 is 2.67 bits per heavy atom. The lowest BCUT2D eigenvalue weighted by Crippen LogP contribution is -2.11. The third-order valence-corrected chi connectivity index (χ3v) is 2.54. The summed E-state index contributed by atoms with van der Waals surface area (Å²) in [5.74, 6) is -0.757. The normalized spacial score (nSPS) is 12.5. The first-order valence-corrected chi connectivity index (χ1v) is 5.15. The Hall–Kier alpha value is -1.38. The summed E-state index contributed by atoms with van der Waals surface area (Å²) in [4.78, 5) is 10.8. The van der Waals surface area contributed by atoms with Crippen molar-refractivity contribution < 1.29 is 9.18 Å². The number of benzene rings is 1. The molecule has 1 atom stereocenters. The van der Waals surface area contributed by atoms with E-state index in [1.807, 2.05) is 6.92 Å². The zero-order chi connectivity index (χ0) is 11.4. The van der Waals surface area contributed by atoms with Crippen LogP contribution in [0.15, 0.2) is 18.2 Å². The van der Waals surface area contributed by atoms with E-state index < -0.39 is 5.91 Å². The molecule has 0 saturated heterocycles. The predicted molar refractivity (Wildman–Crippen MR) is 58.2 cm³/mol. The van der Waals surface area contributed by atoms with Crippen molar-refractivity contribution in [3.05, 3.63) is 35.1 Å². The van der Waals surface area contributed by atoms with Crippen molar-refractivity contribution >= 4 is 5.91 Å². The minimum Gasteiger partial charge on any atom is -0.366 e. The largest absolute Gasteiger partial charge is 0.366 e. The van der Waals surface area contributed by atoms with Crippen LogP contribution in [0.3, 0.4) is 0 Å². The van der Waals surface area contributed by atoms with Crippen LogP contribution < -0.4 is 5.73 Å². The van der Waals surface area contributed by atoms with Gasteiger partial charge in [0.25, 0.3) is 0 Å². The standard InChI is InChI=1S/C12H16FNO/c1-3-4-8(2)10-6-5-9(12(14)15)7-11(10)13/h5-8H,3-4H2,1-2H3,(H2,14,15). The summed E-state index contributed by atoms with van der Waals surface area (Å²) in [5, 5.41) is 0. The molecule has 1 rings (SSSR count). The second-order valence-electron chi connectivity index (χ2n) is 3.79. The Morgan fingerprint density at radius 1 is 1.53 bits per heavy atom. The predicted octanol–water partition coefficient (Wildman–Crippen LogP) is 2.83. The summed E-state index contributed by atoms with van der Waals surface area (Å²) in [5.41, 5.74) is 5.94. The number of halogens is 1. The summed E-state index contributed by atoms with van der Waals surface area (Å²) in [7, 11) is 0. The summed E-state index contributed by atoms with van der Waals surface area (Å²) < 4.78 is 13.6. The minimum absolute atomic E-state index is 0.178. The van der Waals surface area contributed by atoms with Gasteiger partial charge >= 0.3 is 0 Å². The van der Waals surface area contributed by atoms with E-state index in [-0.39, 0.29) is 17.3 Å². The maximum Gasteiger partial charge on any atom is 0.248 e. The van der Waals surface area contributed by atoms with Gasteiger partial charge in [-0.2, -0.15) is 0 Å². The van der Waals surface area contributed by atoms with E-state index in [1.54, 1.807) is 12.1 Å². The Morgan fingerprint density at radius 2 is 2.20 bits per heavy atom. The quantitative estimate of drug-likeness (QED) is 0.814. The van der Waals surface area contributed by atoms with E-state index in [1.165, 1.54) is 6.07 Å². The van der Waals surface area contributed by atoms with Crippen molar-refractivity contribution in [1.29, 1.82) is 0 Å². The van der Waals surface area contributed by atoms with Gasteiger partial charge in [-0.15, -0.1) is 0 Å². The number of hydrogen-bond acceptors (Lipinski definition) is 1. The number of amides is 1. The van der Waals surface area contributed by atoms with Crippen LogP contribution in [0.2, 0.25) is 0 Å². The van der Waals surface area contributed by atoms with Gasteiger partial charge in [-0.3, -0.25) is 4.79 Å². The molecule has 1 aromatic rings. The van der Waals surface area contributed by atoms with Gasteiger partial charge < -0.3 is 5.73 Å². The number of primary amides is 1. The lowest BCUT2D eigenvalue weighted by Gasteiger charge is -2.11. The summed E-state index contributed by atoms with van der Waals surface area (Å²) >= 11 is 0. The van der Waals surface area contributed by atoms with Crippen LogP contribution in [0.5, 0.6) is 0 Å². The van der Waals surface area contributed by atoms with Crippen LogP contribution in [0.25, 0.3) is 0 Å². The highest BCUT2D eigenvalue weighted by atomic mass is 19.1. The Bertz CT molecular complexity index is 363. The fourth-order valence-corrected chi connectivity index (χ4v) is 1.67. The van der Waals surface area contributed by atoms with Gasteiger partial charge in [-0.1, -0.05) is 26.3 Å². The van der Waals surface area contributed by atoms with Gasteiger partial charge in [-0.25, -0.2) is 4.39 Å². The number of carbonyl (C=O) groups excluding carboxylic acids is 1. The third kappa shape index (κ3) is 2.78. The van der Waals surface area contributed by atoms with Gasteiger partial charge in [0, 0.05) is 5.56 Å². The fourth-order valence-electron chi connectivity index (χ4n) is 1.67. The highest BCUT2D eigenvalue weighted by Gasteiger charge is 2.12. The SMILES string of the molecule is CCCC(C)c1ccc(C(N)=O)cc1F. The highest BCUT2D eigenvalue weighted by Crippen LogP contribution is 2.23. The van der Waals surface area contributed by atoms with Gasteiger partial charge in [0.05, 0.1) is 0 Å². The van der Waals surface area contributed by atoms with Crippen molar-refractivity contribution in [1.82, 2.24) is 0 Å². The first-order valence-electron chi connectivity index (χ1n) is 5.15. The van der Waals surface area contributed by atoms with Crippen LogP contribution in [0, 0.1) is 5.82 Å². The van der Waals surface area contributed by atoms with Gasteiger partial charge in [0.15, 0.2) is 0 Å². The van der Waals surface area contributed by atoms with E-state index in [9.17, 15) is 9.18 Å². The maximum atomic E-state index is 13.6. The molecule has 2 N–H and O–H groups in total. The molecule has 0 bridgehead atoms. The van der Waals surface area contributed by atoms with E-state index in [4.69, 9.17) is 5.73 Å². The molecule has 1 amide bonds. The summed E-state index contributed by atoms with van der Waals surface area (Å²) in [6.45, 7) is 4.04. The molecular weight excluding hydrogens is 193 g/mol. The smallest absolute Gasteiger partial charge is 0.248 e. The van der Waals surface area contributed by atoms with E-state index in [2.05, 4.69) is 6.92 Å². The third-order valence-electron chi connectivity index (χ3n) is 2.54. The molecule has 15 heavy (non-hydrogen) atoms. The molecule has 0 aromatic heterocycles. The molecule has 2 nitrogen and oxygen atoms in total. The number of nitrogens with two attached hydrogens (primary N) is 1. The molecule has 1 unspecified atom stereocenters. The second-order valence-corrected chi connectivity index (χ2v) is 3.79. The van der Waals surface area contributed by atoms with E-state index in [0.29, 0.717) is 5.56 Å². The minimum atomic E-state index is -0.594. The lowest BCUT2D eigenvalue weighted by atomic mass is 9.95. The molecule has 0 aliphatic rings. The van der Waals surface area contributed by atoms with Crippen LogP contribution in [-0.4, -0.2) is 5.91 Å². The Kier molecular flexibility index (Phi) is 3.83. The first kappa shape index (κ1) is 11.7. The first-order chi connectivity index (χ1) is 7.06. The lowest BCUT2D eigenvalue weighted by molar-refractivity contribution is 0.1000. The summed E-state index contributed by atoms with van der Waals surface area (Å²) in [6.07, 6.45) is 1.95. The maximum absolute atomic E-state index is 13.6. The second kappa shape index (κ2) is 4.91. The zero-order valence-corrected chi connectivity index (χ0v) is 9.09. The van der Waals surface area contributed by atoms with E-state index >= 15 is 0 Å². The Balaban J connectivity index is 2.97. The molecule has 0 spiro atoms. The van der Waals surface area contributed by atoms with Crippen LogP contribution in [-0.2, 0) is 0 Å². The van der Waals surface area contributed by atoms with E-state index in [0.717, 1.165) is 12.8 Å².